The van der Waals surface area contributed by atoms with E-state index in [2.05, 4.69) is 20.8 Å². The van der Waals surface area contributed by atoms with Gasteiger partial charge in [-0.05, 0) is 25.1 Å². The van der Waals surface area contributed by atoms with Gasteiger partial charge in [-0.1, -0.05) is 6.07 Å². The molecule has 0 saturated carbocycles. The van der Waals surface area contributed by atoms with Gasteiger partial charge in [0.05, 0.1) is 6.54 Å². The largest absolute Gasteiger partial charge is 0.346 e. The summed E-state index contributed by atoms with van der Waals surface area (Å²) in [6, 6.07) is 6.83. The summed E-state index contributed by atoms with van der Waals surface area (Å²) in [6.45, 7) is 2.51. The number of hydrazine groups is 1. The Kier molecular flexibility index (Phi) is 4.09. The lowest BCUT2D eigenvalue weighted by atomic mass is 10.3. The van der Waals surface area contributed by atoms with Gasteiger partial charge in [0.15, 0.2) is 0 Å². The van der Waals surface area contributed by atoms with E-state index in [1.807, 2.05) is 19.2 Å². The molecule has 2 heterocycles. The van der Waals surface area contributed by atoms with Crippen LogP contribution in [0.25, 0.3) is 0 Å². The summed E-state index contributed by atoms with van der Waals surface area (Å²) in [5.41, 5.74) is 2.73. The SMILES string of the molecule is CC(Cn1cccn1)NC(=O)c1cccc(NN)n1. The lowest BCUT2D eigenvalue weighted by Gasteiger charge is -2.13. The molecule has 0 saturated heterocycles. The first kappa shape index (κ1) is 13.0. The van der Waals surface area contributed by atoms with E-state index in [9.17, 15) is 4.79 Å². The van der Waals surface area contributed by atoms with E-state index in [4.69, 9.17) is 5.84 Å². The fourth-order valence-corrected chi connectivity index (χ4v) is 1.67. The Morgan fingerprint density at radius 2 is 2.32 bits per heavy atom. The first-order valence-electron chi connectivity index (χ1n) is 5.91. The molecular weight excluding hydrogens is 244 g/mol. The number of rotatable bonds is 5. The molecule has 0 aliphatic carbocycles. The van der Waals surface area contributed by atoms with Crippen LogP contribution in [-0.2, 0) is 6.54 Å². The smallest absolute Gasteiger partial charge is 0.270 e. The Hall–Kier alpha value is -2.41. The van der Waals surface area contributed by atoms with Crippen LogP contribution in [0.4, 0.5) is 5.82 Å². The van der Waals surface area contributed by atoms with Crippen LogP contribution in [0.5, 0.6) is 0 Å². The molecule has 0 aliphatic heterocycles. The van der Waals surface area contributed by atoms with Gasteiger partial charge >= 0.3 is 0 Å². The summed E-state index contributed by atoms with van der Waals surface area (Å²) in [5.74, 6) is 5.47. The Bertz CT molecular complexity index is 539. The number of aromatic nitrogens is 3. The van der Waals surface area contributed by atoms with Gasteiger partial charge in [-0.15, -0.1) is 0 Å². The zero-order valence-electron chi connectivity index (χ0n) is 10.6. The average Bonchev–Trinajstić information content (AvgIpc) is 2.91. The molecule has 2 aromatic heterocycles. The van der Waals surface area contributed by atoms with Gasteiger partial charge in [0, 0.05) is 18.4 Å². The standard InChI is InChI=1S/C12H16N6O/c1-9(8-18-7-3-6-14-18)15-12(19)10-4-2-5-11(16-10)17-13/h2-7,9H,8,13H2,1H3,(H,15,19)(H,16,17). The Balaban J connectivity index is 1.96. The molecule has 2 rings (SSSR count). The van der Waals surface area contributed by atoms with Gasteiger partial charge < -0.3 is 10.7 Å². The molecule has 0 bridgehead atoms. The molecule has 1 unspecified atom stereocenters. The summed E-state index contributed by atoms with van der Waals surface area (Å²) < 4.78 is 1.76. The molecule has 2 aromatic rings. The predicted molar refractivity (Wildman–Crippen MR) is 71.2 cm³/mol. The van der Waals surface area contributed by atoms with Crippen molar-refractivity contribution in [1.29, 1.82) is 0 Å². The zero-order chi connectivity index (χ0) is 13.7. The molecule has 0 aliphatic rings. The molecule has 7 heteroatoms. The van der Waals surface area contributed by atoms with Crippen molar-refractivity contribution in [2.45, 2.75) is 19.5 Å². The molecule has 7 nitrogen and oxygen atoms in total. The first-order valence-corrected chi connectivity index (χ1v) is 5.91. The van der Waals surface area contributed by atoms with Crippen molar-refractivity contribution in [3.8, 4) is 0 Å². The molecule has 0 aromatic carbocycles. The minimum absolute atomic E-state index is 0.0521. The van der Waals surface area contributed by atoms with Crippen LogP contribution >= 0.6 is 0 Å². The van der Waals surface area contributed by atoms with Crippen molar-refractivity contribution in [3.05, 3.63) is 42.4 Å². The van der Waals surface area contributed by atoms with Crippen molar-refractivity contribution in [1.82, 2.24) is 20.1 Å². The van der Waals surface area contributed by atoms with Crippen molar-refractivity contribution < 1.29 is 4.79 Å². The third-order valence-electron chi connectivity index (χ3n) is 2.53. The third kappa shape index (κ3) is 3.52. The first-order chi connectivity index (χ1) is 9.19. The Labute approximate surface area is 110 Å². The quantitative estimate of drug-likeness (QED) is 0.533. The Morgan fingerprint density at radius 3 is 3.00 bits per heavy atom. The highest BCUT2D eigenvalue weighted by Gasteiger charge is 2.11. The van der Waals surface area contributed by atoms with Crippen molar-refractivity contribution in [3.63, 3.8) is 0 Å². The second kappa shape index (κ2) is 5.96. The Morgan fingerprint density at radius 1 is 1.47 bits per heavy atom. The number of carbonyl (C=O) groups is 1. The fourth-order valence-electron chi connectivity index (χ4n) is 1.67. The van der Waals surface area contributed by atoms with E-state index in [1.165, 1.54) is 0 Å². The molecule has 1 atom stereocenters. The minimum Gasteiger partial charge on any atom is -0.346 e. The lowest BCUT2D eigenvalue weighted by Crippen LogP contribution is -2.36. The average molecular weight is 260 g/mol. The van der Waals surface area contributed by atoms with Crippen LogP contribution in [-0.4, -0.2) is 26.7 Å². The normalized spacial score (nSPS) is 11.9. The molecular formula is C12H16N6O. The number of amides is 1. The number of carbonyl (C=O) groups excluding carboxylic acids is 1. The maximum Gasteiger partial charge on any atom is 0.270 e. The van der Waals surface area contributed by atoms with Crippen molar-refractivity contribution >= 4 is 11.7 Å². The summed E-state index contributed by atoms with van der Waals surface area (Å²) in [7, 11) is 0. The molecule has 19 heavy (non-hydrogen) atoms. The van der Waals surface area contributed by atoms with Crippen LogP contribution in [0.1, 0.15) is 17.4 Å². The van der Waals surface area contributed by atoms with E-state index in [-0.39, 0.29) is 11.9 Å². The minimum atomic E-state index is -0.239. The van der Waals surface area contributed by atoms with E-state index in [0.29, 0.717) is 18.1 Å². The highest BCUT2D eigenvalue weighted by Crippen LogP contribution is 2.03. The van der Waals surface area contributed by atoms with Crippen LogP contribution in [0.15, 0.2) is 36.7 Å². The van der Waals surface area contributed by atoms with Gasteiger partial charge in [0.2, 0.25) is 0 Å². The number of nitrogen functional groups attached to an aromatic ring is 1. The van der Waals surface area contributed by atoms with E-state index in [0.717, 1.165) is 0 Å². The van der Waals surface area contributed by atoms with Gasteiger partial charge in [-0.2, -0.15) is 5.10 Å². The number of hydrogen-bond acceptors (Lipinski definition) is 5. The van der Waals surface area contributed by atoms with Crippen molar-refractivity contribution in [2.24, 2.45) is 5.84 Å². The summed E-state index contributed by atoms with van der Waals surface area (Å²) in [4.78, 5) is 16.1. The lowest BCUT2D eigenvalue weighted by molar-refractivity contribution is 0.0931. The van der Waals surface area contributed by atoms with Crippen LogP contribution in [0.2, 0.25) is 0 Å². The van der Waals surface area contributed by atoms with E-state index < -0.39 is 0 Å². The van der Waals surface area contributed by atoms with E-state index in [1.54, 1.807) is 29.1 Å². The summed E-state index contributed by atoms with van der Waals surface area (Å²) in [6.07, 6.45) is 3.55. The molecule has 0 fully saturated rings. The molecule has 1 amide bonds. The number of nitrogens with two attached hydrogens (primary N) is 1. The zero-order valence-corrected chi connectivity index (χ0v) is 10.6. The second-order valence-electron chi connectivity index (χ2n) is 4.16. The number of nitrogens with one attached hydrogen (secondary N) is 2. The van der Waals surface area contributed by atoms with Crippen LogP contribution in [0, 0.1) is 0 Å². The van der Waals surface area contributed by atoms with Gasteiger partial charge in [-0.3, -0.25) is 9.48 Å². The maximum atomic E-state index is 12.0. The van der Waals surface area contributed by atoms with Gasteiger partial charge in [0.25, 0.3) is 5.91 Å². The van der Waals surface area contributed by atoms with Crippen LogP contribution < -0.4 is 16.6 Å². The number of anilines is 1. The topological polar surface area (TPSA) is 97.9 Å². The maximum absolute atomic E-state index is 12.0. The van der Waals surface area contributed by atoms with Crippen LogP contribution in [0.3, 0.4) is 0 Å². The third-order valence-corrected chi connectivity index (χ3v) is 2.53. The fraction of sp³-hybridized carbons (Fsp3) is 0.250. The van der Waals surface area contributed by atoms with Gasteiger partial charge in [-0.25, -0.2) is 10.8 Å². The molecule has 0 spiro atoms. The molecule has 100 valence electrons. The summed E-state index contributed by atoms with van der Waals surface area (Å²) >= 11 is 0. The molecule has 0 radical (unpaired) electrons. The number of pyridine rings is 1. The van der Waals surface area contributed by atoms with E-state index >= 15 is 0 Å². The predicted octanol–water partition coefficient (Wildman–Crippen LogP) is 0.382. The number of nitrogens with zero attached hydrogens (tertiary/aromatic N) is 3. The summed E-state index contributed by atoms with van der Waals surface area (Å²) in [5, 5.41) is 6.94. The number of hydrogen-bond donors (Lipinski definition) is 3. The monoisotopic (exact) mass is 260 g/mol. The second-order valence-corrected chi connectivity index (χ2v) is 4.16. The highest BCUT2D eigenvalue weighted by atomic mass is 16.1. The highest BCUT2D eigenvalue weighted by molar-refractivity contribution is 5.92. The van der Waals surface area contributed by atoms with Crippen molar-refractivity contribution in [2.75, 3.05) is 5.43 Å². The van der Waals surface area contributed by atoms with Gasteiger partial charge in [0.1, 0.15) is 11.5 Å². The molecule has 4 N–H and O–H groups in total.